The SMILES string of the molecule is CCc1cc(-c2cc3ncccc3s2)n(-c2cccc(C)n2)n1. The lowest BCUT2D eigenvalue weighted by Gasteiger charge is -2.05. The fraction of sp³-hybridized carbons (Fsp3) is 0.167. The highest BCUT2D eigenvalue weighted by Gasteiger charge is 2.14. The van der Waals surface area contributed by atoms with E-state index < -0.39 is 0 Å². The van der Waals surface area contributed by atoms with Gasteiger partial charge >= 0.3 is 0 Å². The summed E-state index contributed by atoms with van der Waals surface area (Å²) < 4.78 is 3.13. The van der Waals surface area contributed by atoms with Gasteiger partial charge < -0.3 is 0 Å². The van der Waals surface area contributed by atoms with Crippen LogP contribution in [-0.2, 0) is 6.42 Å². The summed E-state index contributed by atoms with van der Waals surface area (Å²) in [6.45, 7) is 4.11. The van der Waals surface area contributed by atoms with Gasteiger partial charge in [-0.2, -0.15) is 5.10 Å². The molecule has 0 aliphatic rings. The second kappa shape index (κ2) is 5.59. The second-order valence-electron chi connectivity index (χ2n) is 5.42. The number of rotatable bonds is 3. The maximum Gasteiger partial charge on any atom is 0.154 e. The van der Waals surface area contributed by atoms with Crippen molar-refractivity contribution in [3.05, 3.63) is 60.0 Å². The third-order valence-corrected chi connectivity index (χ3v) is 4.86. The molecule has 4 heterocycles. The fourth-order valence-corrected chi connectivity index (χ4v) is 3.62. The first-order valence-corrected chi connectivity index (χ1v) is 8.44. The number of aromatic nitrogens is 4. The van der Waals surface area contributed by atoms with Crippen LogP contribution < -0.4 is 0 Å². The minimum atomic E-state index is 0.852. The van der Waals surface area contributed by atoms with Crippen LogP contribution in [0.25, 0.3) is 26.6 Å². The molecule has 4 nitrogen and oxygen atoms in total. The van der Waals surface area contributed by atoms with E-state index in [0.29, 0.717) is 0 Å². The van der Waals surface area contributed by atoms with Crippen LogP contribution in [-0.4, -0.2) is 19.7 Å². The summed E-state index contributed by atoms with van der Waals surface area (Å²) in [6, 6.07) is 14.4. The Hall–Kier alpha value is -2.53. The zero-order valence-corrected chi connectivity index (χ0v) is 13.8. The molecule has 23 heavy (non-hydrogen) atoms. The molecule has 0 aromatic carbocycles. The Balaban J connectivity index is 1.92. The van der Waals surface area contributed by atoms with Gasteiger partial charge in [0.15, 0.2) is 5.82 Å². The highest BCUT2D eigenvalue weighted by atomic mass is 32.1. The molecule has 114 valence electrons. The third kappa shape index (κ3) is 2.53. The highest BCUT2D eigenvalue weighted by Crippen LogP contribution is 2.33. The average molecular weight is 320 g/mol. The molecule has 0 saturated carbocycles. The predicted octanol–water partition coefficient (Wildman–Crippen LogP) is 4.41. The molecular weight excluding hydrogens is 304 g/mol. The van der Waals surface area contributed by atoms with E-state index in [1.165, 1.54) is 4.70 Å². The number of aryl methyl sites for hydroxylation is 2. The number of pyridine rings is 2. The van der Waals surface area contributed by atoms with Crippen LogP contribution in [0.15, 0.2) is 48.7 Å². The van der Waals surface area contributed by atoms with E-state index in [0.717, 1.165) is 39.7 Å². The number of hydrogen-bond acceptors (Lipinski definition) is 4. The van der Waals surface area contributed by atoms with Gasteiger partial charge in [0.25, 0.3) is 0 Å². The Morgan fingerprint density at radius 3 is 2.83 bits per heavy atom. The van der Waals surface area contributed by atoms with Gasteiger partial charge in [0.05, 0.1) is 26.5 Å². The molecule has 0 radical (unpaired) electrons. The zero-order valence-electron chi connectivity index (χ0n) is 13.0. The lowest BCUT2D eigenvalue weighted by molar-refractivity contribution is 0.818. The van der Waals surface area contributed by atoms with Gasteiger partial charge in [0, 0.05) is 11.9 Å². The van der Waals surface area contributed by atoms with Crippen molar-refractivity contribution in [1.29, 1.82) is 0 Å². The van der Waals surface area contributed by atoms with Crippen molar-refractivity contribution in [3.8, 4) is 16.4 Å². The Morgan fingerprint density at radius 1 is 1.13 bits per heavy atom. The van der Waals surface area contributed by atoms with Crippen molar-refractivity contribution in [2.75, 3.05) is 0 Å². The smallest absolute Gasteiger partial charge is 0.154 e. The normalized spacial score (nSPS) is 11.2. The molecule has 0 unspecified atom stereocenters. The maximum absolute atomic E-state index is 4.73. The standard InChI is InChI=1S/C18H16N4S/c1-3-13-10-15(17-11-14-16(23-17)7-5-9-19-14)22(21-13)18-8-4-6-12(2)20-18/h4-11H,3H2,1-2H3. The molecular formula is C18H16N4S. The summed E-state index contributed by atoms with van der Waals surface area (Å²) in [5.41, 5.74) is 4.15. The van der Waals surface area contributed by atoms with E-state index >= 15 is 0 Å². The average Bonchev–Trinajstić information content (AvgIpc) is 3.18. The molecule has 0 spiro atoms. The summed E-state index contributed by atoms with van der Waals surface area (Å²) in [5.74, 6) is 0.852. The van der Waals surface area contributed by atoms with Crippen LogP contribution in [0.4, 0.5) is 0 Å². The fourth-order valence-electron chi connectivity index (χ4n) is 2.60. The lowest BCUT2D eigenvalue weighted by Crippen LogP contribution is -2.02. The van der Waals surface area contributed by atoms with Gasteiger partial charge in [-0.3, -0.25) is 4.98 Å². The second-order valence-corrected chi connectivity index (χ2v) is 6.50. The van der Waals surface area contributed by atoms with Crippen molar-refractivity contribution in [2.45, 2.75) is 20.3 Å². The van der Waals surface area contributed by atoms with Crippen LogP contribution in [0.1, 0.15) is 18.3 Å². The largest absolute Gasteiger partial charge is 0.255 e. The minimum absolute atomic E-state index is 0.852. The van der Waals surface area contributed by atoms with E-state index in [1.54, 1.807) is 11.3 Å². The van der Waals surface area contributed by atoms with E-state index in [2.05, 4.69) is 35.1 Å². The van der Waals surface area contributed by atoms with Crippen molar-refractivity contribution < 1.29 is 0 Å². The highest BCUT2D eigenvalue weighted by molar-refractivity contribution is 7.22. The number of hydrogen-bond donors (Lipinski definition) is 0. The topological polar surface area (TPSA) is 43.6 Å². The molecule has 0 atom stereocenters. The summed E-state index contributed by atoms with van der Waals surface area (Å²) >= 11 is 1.74. The molecule has 0 aliphatic heterocycles. The molecule has 5 heteroatoms. The molecule has 0 saturated heterocycles. The van der Waals surface area contributed by atoms with Gasteiger partial charge in [0.2, 0.25) is 0 Å². The zero-order chi connectivity index (χ0) is 15.8. The number of nitrogens with zero attached hydrogens (tertiary/aromatic N) is 4. The van der Waals surface area contributed by atoms with E-state index in [-0.39, 0.29) is 0 Å². The van der Waals surface area contributed by atoms with E-state index in [9.17, 15) is 0 Å². The number of fused-ring (bicyclic) bond motifs is 1. The van der Waals surface area contributed by atoms with Crippen molar-refractivity contribution >= 4 is 21.6 Å². The summed E-state index contributed by atoms with van der Waals surface area (Å²) in [4.78, 5) is 10.2. The maximum atomic E-state index is 4.73. The Bertz CT molecular complexity index is 951. The Kier molecular flexibility index (Phi) is 3.42. The predicted molar refractivity (Wildman–Crippen MR) is 94.1 cm³/mol. The minimum Gasteiger partial charge on any atom is -0.255 e. The summed E-state index contributed by atoms with van der Waals surface area (Å²) in [5, 5.41) is 4.73. The van der Waals surface area contributed by atoms with Gasteiger partial charge in [-0.05, 0) is 49.7 Å². The Morgan fingerprint density at radius 2 is 2.04 bits per heavy atom. The number of thiophene rings is 1. The molecule has 0 bridgehead atoms. The van der Waals surface area contributed by atoms with E-state index in [4.69, 9.17) is 5.10 Å². The van der Waals surface area contributed by atoms with E-state index in [1.807, 2.05) is 42.1 Å². The van der Waals surface area contributed by atoms with Crippen molar-refractivity contribution in [1.82, 2.24) is 19.7 Å². The van der Waals surface area contributed by atoms with Crippen molar-refractivity contribution in [2.24, 2.45) is 0 Å². The lowest BCUT2D eigenvalue weighted by atomic mass is 10.2. The summed E-state index contributed by atoms with van der Waals surface area (Å²) in [6.07, 6.45) is 2.73. The quantitative estimate of drug-likeness (QED) is 0.561. The first-order valence-electron chi connectivity index (χ1n) is 7.62. The van der Waals surface area contributed by atoms with Gasteiger partial charge in [-0.25, -0.2) is 9.67 Å². The molecule has 0 fully saturated rings. The molecule has 4 aromatic rings. The molecule has 0 amide bonds. The molecule has 0 aliphatic carbocycles. The first-order chi connectivity index (χ1) is 11.2. The van der Waals surface area contributed by atoms with Gasteiger partial charge in [0.1, 0.15) is 0 Å². The molecule has 0 N–H and O–H groups in total. The Labute approximate surface area is 138 Å². The van der Waals surface area contributed by atoms with Crippen molar-refractivity contribution in [3.63, 3.8) is 0 Å². The van der Waals surface area contributed by atoms with Crippen LogP contribution in [0, 0.1) is 6.92 Å². The first kappa shape index (κ1) is 14.1. The molecule has 4 rings (SSSR count). The monoisotopic (exact) mass is 320 g/mol. The molecule has 4 aromatic heterocycles. The van der Waals surface area contributed by atoms with Crippen LogP contribution >= 0.6 is 11.3 Å². The van der Waals surface area contributed by atoms with Gasteiger partial charge in [-0.15, -0.1) is 11.3 Å². The van der Waals surface area contributed by atoms with Crippen LogP contribution in [0.5, 0.6) is 0 Å². The third-order valence-electron chi connectivity index (χ3n) is 3.75. The summed E-state index contributed by atoms with van der Waals surface area (Å²) in [7, 11) is 0. The van der Waals surface area contributed by atoms with Crippen LogP contribution in [0.2, 0.25) is 0 Å². The van der Waals surface area contributed by atoms with Crippen LogP contribution in [0.3, 0.4) is 0 Å². The van der Waals surface area contributed by atoms with Gasteiger partial charge in [-0.1, -0.05) is 13.0 Å².